The molecule has 1 atom stereocenters. The maximum Gasteiger partial charge on any atom is 0.266 e. The molecule has 1 saturated carbocycles. The fourth-order valence-electron chi connectivity index (χ4n) is 5.54. The van der Waals surface area contributed by atoms with Crippen LogP contribution in [0.25, 0.3) is 0 Å². The average molecular weight is 668 g/mol. The Labute approximate surface area is 273 Å². The van der Waals surface area contributed by atoms with E-state index in [4.69, 9.17) is 25.8 Å². The summed E-state index contributed by atoms with van der Waals surface area (Å²) in [7, 11) is 0. The van der Waals surface area contributed by atoms with Gasteiger partial charge in [-0.15, -0.1) is 0 Å². The molecule has 2 aliphatic heterocycles. The molecule has 3 aliphatic rings. The van der Waals surface area contributed by atoms with Gasteiger partial charge in [0.25, 0.3) is 17.7 Å². The molecule has 0 bridgehead atoms. The lowest BCUT2D eigenvalue weighted by molar-refractivity contribution is -0.137. The predicted octanol–water partition coefficient (Wildman–Crippen LogP) is 1.45. The third-order valence-electron chi connectivity index (χ3n) is 7.82. The number of Topliss-reactive ketones (excluding diaryl/α,β-unsaturated/α-hetero) is 3. The van der Waals surface area contributed by atoms with Gasteiger partial charge in [-0.2, -0.15) is 0 Å². The molecular formula is C32H30ClN3O11. The van der Waals surface area contributed by atoms with Crippen LogP contribution >= 0.6 is 11.6 Å². The summed E-state index contributed by atoms with van der Waals surface area (Å²) in [6.07, 6.45) is 0.781. The predicted molar refractivity (Wildman–Crippen MR) is 161 cm³/mol. The number of hydrogen-bond acceptors (Lipinski definition) is 11. The number of carbonyl (C=O) groups excluding carboxylic acids is 8. The number of ketones is 3. The highest BCUT2D eigenvalue weighted by Crippen LogP contribution is 2.34. The fraction of sp³-hybridized carbons (Fsp3) is 0.375. The maximum atomic E-state index is 13.1. The van der Waals surface area contributed by atoms with Crippen molar-refractivity contribution < 1.29 is 52.6 Å². The van der Waals surface area contributed by atoms with Gasteiger partial charge in [0.05, 0.1) is 29.4 Å². The van der Waals surface area contributed by atoms with Crippen LogP contribution in [0.15, 0.2) is 36.4 Å². The third-order valence-corrected chi connectivity index (χ3v) is 8.21. The van der Waals surface area contributed by atoms with Crippen LogP contribution in [0, 0.1) is 5.92 Å². The minimum atomic E-state index is -1.34. The van der Waals surface area contributed by atoms with Crippen molar-refractivity contribution in [1.29, 1.82) is 0 Å². The summed E-state index contributed by atoms with van der Waals surface area (Å²) < 4.78 is 16.6. The Kier molecular flexibility index (Phi) is 10.4. The van der Waals surface area contributed by atoms with Crippen LogP contribution in [-0.4, -0.2) is 90.8 Å². The first kappa shape index (κ1) is 33.4. The molecule has 5 rings (SSSR count). The lowest BCUT2D eigenvalue weighted by atomic mass is 9.81. The molecule has 0 spiro atoms. The van der Waals surface area contributed by atoms with Crippen molar-refractivity contribution in [2.24, 2.45) is 5.92 Å². The lowest BCUT2D eigenvalue weighted by Gasteiger charge is -2.27. The number of benzene rings is 2. The molecule has 5 amide bonds. The van der Waals surface area contributed by atoms with Crippen molar-refractivity contribution in [3.63, 3.8) is 0 Å². The van der Waals surface area contributed by atoms with E-state index in [9.17, 15) is 38.4 Å². The molecule has 0 radical (unpaired) electrons. The summed E-state index contributed by atoms with van der Waals surface area (Å²) in [5.74, 6) is -5.78. The van der Waals surface area contributed by atoms with Crippen LogP contribution in [0.3, 0.4) is 0 Å². The van der Waals surface area contributed by atoms with Crippen molar-refractivity contribution in [2.75, 3.05) is 33.0 Å². The zero-order chi connectivity index (χ0) is 33.7. The molecule has 15 heteroatoms. The van der Waals surface area contributed by atoms with Gasteiger partial charge in [-0.3, -0.25) is 48.6 Å². The van der Waals surface area contributed by atoms with Crippen LogP contribution < -0.4 is 20.1 Å². The number of halogens is 1. The summed E-state index contributed by atoms with van der Waals surface area (Å²) in [5, 5.41) is 4.72. The van der Waals surface area contributed by atoms with Gasteiger partial charge in [-0.1, -0.05) is 23.7 Å². The molecule has 2 N–H and O–H groups in total. The normalized spacial score (nSPS) is 18.2. The highest BCUT2D eigenvalue weighted by molar-refractivity contribution is 6.37. The summed E-state index contributed by atoms with van der Waals surface area (Å²) >= 11 is 6.36. The minimum Gasteiger partial charge on any atom is -0.490 e. The number of nitrogens with zero attached hydrogens (tertiary/aromatic N) is 1. The molecule has 1 aliphatic carbocycles. The first-order valence-corrected chi connectivity index (χ1v) is 15.3. The van der Waals surface area contributed by atoms with Gasteiger partial charge in [0.1, 0.15) is 30.1 Å². The Balaban J connectivity index is 1.04. The largest absolute Gasteiger partial charge is 0.490 e. The second-order valence-corrected chi connectivity index (χ2v) is 11.3. The van der Waals surface area contributed by atoms with Gasteiger partial charge in [-0.05, 0) is 37.1 Å². The molecular weight excluding hydrogens is 638 g/mol. The standard InChI is InChI=1S/C32H30ClN3O11/c33-28-18(29(41)27-20(37)6-3-7-21(27)38)5-2-9-23(28)46-15-14-45-13-12-34-25(40)16-47-22-8-1-4-17-26(22)32(44)36(31(17)43)19-10-11-24(39)35-30(19)42/h1-2,4-5,8-9,19,27H,3,6-7,10-16H2,(H,34,40)(H,35,39,42). The Hall–Kier alpha value is -4.95. The molecule has 2 fully saturated rings. The maximum absolute atomic E-state index is 13.1. The number of rotatable bonds is 13. The van der Waals surface area contributed by atoms with Gasteiger partial charge in [0.15, 0.2) is 24.0 Å². The van der Waals surface area contributed by atoms with Gasteiger partial charge >= 0.3 is 0 Å². The number of amides is 5. The van der Waals surface area contributed by atoms with E-state index in [1.807, 2.05) is 0 Å². The molecule has 0 aromatic heterocycles. The van der Waals surface area contributed by atoms with Crippen LogP contribution in [0.1, 0.15) is 63.2 Å². The van der Waals surface area contributed by atoms with E-state index in [2.05, 4.69) is 10.6 Å². The van der Waals surface area contributed by atoms with Crippen molar-refractivity contribution >= 4 is 58.5 Å². The van der Waals surface area contributed by atoms with Crippen LogP contribution in [0.2, 0.25) is 5.02 Å². The summed E-state index contributed by atoms with van der Waals surface area (Å²) in [4.78, 5) is 100. The Morgan fingerprint density at radius 3 is 2.34 bits per heavy atom. The molecule has 1 unspecified atom stereocenters. The van der Waals surface area contributed by atoms with Gasteiger partial charge in [0, 0.05) is 31.4 Å². The molecule has 47 heavy (non-hydrogen) atoms. The molecule has 1 saturated heterocycles. The minimum absolute atomic E-state index is 0.000521. The highest BCUT2D eigenvalue weighted by atomic mass is 35.5. The SMILES string of the molecule is O=C(COc1cccc2c1C(=O)N(C1CCC(=O)NC1=O)C2=O)NCCOCCOc1cccc(C(=O)C2C(=O)CCCC2=O)c1Cl. The molecule has 2 aromatic carbocycles. The fourth-order valence-corrected chi connectivity index (χ4v) is 5.81. The lowest BCUT2D eigenvalue weighted by Crippen LogP contribution is -2.54. The van der Waals surface area contributed by atoms with E-state index in [1.165, 1.54) is 30.3 Å². The summed E-state index contributed by atoms with van der Waals surface area (Å²) in [6.45, 7) is -0.0786. The number of imide groups is 2. The first-order valence-electron chi connectivity index (χ1n) is 14.9. The van der Waals surface area contributed by atoms with Gasteiger partial charge in [-0.25, -0.2) is 0 Å². The monoisotopic (exact) mass is 667 g/mol. The Morgan fingerprint density at radius 2 is 1.60 bits per heavy atom. The van der Waals surface area contributed by atoms with Crippen molar-refractivity contribution in [3.8, 4) is 11.5 Å². The topological polar surface area (TPSA) is 192 Å². The zero-order valence-electron chi connectivity index (χ0n) is 25.0. The average Bonchev–Trinajstić information content (AvgIpc) is 3.29. The van der Waals surface area contributed by atoms with E-state index in [0.717, 1.165) is 4.90 Å². The van der Waals surface area contributed by atoms with E-state index in [-0.39, 0.29) is 85.3 Å². The highest BCUT2D eigenvalue weighted by Gasteiger charge is 2.46. The van der Waals surface area contributed by atoms with E-state index < -0.39 is 65.5 Å². The number of carbonyl (C=O) groups is 8. The summed E-state index contributed by atoms with van der Waals surface area (Å²) in [5.41, 5.74) is -0.00162. The molecule has 2 heterocycles. The van der Waals surface area contributed by atoms with E-state index >= 15 is 0 Å². The smallest absolute Gasteiger partial charge is 0.266 e. The molecule has 246 valence electrons. The number of piperidine rings is 1. The number of nitrogens with one attached hydrogen (secondary N) is 2. The summed E-state index contributed by atoms with van der Waals surface area (Å²) in [6, 6.07) is 7.73. The second kappa shape index (κ2) is 14.6. The number of hydrogen-bond donors (Lipinski definition) is 2. The van der Waals surface area contributed by atoms with Crippen molar-refractivity contribution in [2.45, 2.75) is 38.1 Å². The zero-order valence-corrected chi connectivity index (χ0v) is 25.8. The number of ether oxygens (including phenoxy) is 3. The quantitative estimate of drug-likeness (QED) is 0.136. The van der Waals surface area contributed by atoms with Crippen molar-refractivity contribution in [3.05, 3.63) is 58.1 Å². The van der Waals surface area contributed by atoms with Crippen LogP contribution in [0.5, 0.6) is 11.5 Å². The second-order valence-electron chi connectivity index (χ2n) is 10.9. The van der Waals surface area contributed by atoms with E-state index in [1.54, 1.807) is 6.07 Å². The number of fused-ring (bicyclic) bond motifs is 1. The Bertz CT molecular complexity index is 1660. The van der Waals surface area contributed by atoms with Gasteiger partial charge in [0.2, 0.25) is 11.8 Å². The van der Waals surface area contributed by atoms with Crippen LogP contribution in [0.4, 0.5) is 0 Å². The van der Waals surface area contributed by atoms with E-state index in [0.29, 0.717) is 6.42 Å². The first-order chi connectivity index (χ1) is 22.6. The van der Waals surface area contributed by atoms with Crippen molar-refractivity contribution in [1.82, 2.24) is 15.5 Å². The third kappa shape index (κ3) is 7.23. The van der Waals surface area contributed by atoms with Crippen LogP contribution in [-0.2, 0) is 28.7 Å². The Morgan fingerprint density at radius 1 is 0.872 bits per heavy atom. The molecule has 2 aromatic rings. The molecule has 14 nitrogen and oxygen atoms in total. The van der Waals surface area contributed by atoms with Gasteiger partial charge < -0.3 is 19.5 Å².